The molecule has 1 fully saturated rings. The van der Waals surface area contributed by atoms with Crippen molar-refractivity contribution in [3.63, 3.8) is 0 Å². The fourth-order valence-corrected chi connectivity index (χ4v) is 2.14. The number of carbonyl (C=O) groups excluding carboxylic acids is 1. The number of amides is 1. The van der Waals surface area contributed by atoms with E-state index in [-0.39, 0.29) is 17.8 Å². The number of hydrogen-bond acceptors (Lipinski definition) is 2. The van der Waals surface area contributed by atoms with Gasteiger partial charge in [-0.05, 0) is 31.5 Å². The molecular weight excluding hydrogens is 219 g/mol. The summed E-state index contributed by atoms with van der Waals surface area (Å²) in [4.78, 5) is 13.4. The van der Waals surface area contributed by atoms with Crippen molar-refractivity contribution in [1.82, 2.24) is 5.32 Å². The number of nitrogens with zero attached hydrogens (tertiary/aromatic N) is 1. The lowest BCUT2D eigenvalue weighted by Gasteiger charge is -2.20. The third kappa shape index (κ3) is 2.82. The predicted octanol–water partition coefficient (Wildman–Crippen LogP) is 1.93. The monoisotopic (exact) mass is 236 g/mol. The van der Waals surface area contributed by atoms with E-state index in [2.05, 4.69) is 5.32 Å². The first-order valence-corrected chi connectivity index (χ1v) is 5.93. The maximum atomic E-state index is 13.5. The summed E-state index contributed by atoms with van der Waals surface area (Å²) >= 11 is 0. The molecule has 1 atom stereocenters. The van der Waals surface area contributed by atoms with E-state index >= 15 is 0 Å². The number of hydrogen-bond donors (Lipinski definition) is 1. The SMILES string of the molecule is CN(C(=O)CC1CCCN1)c1ccccc1F. The minimum atomic E-state index is -0.359. The Labute approximate surface area is 101 Å². The summed E-state index contributed by atoms with van der Waals surface area (Å²) in [6.45, 7) is 0.974. The molecule has 0 saturated carbocycles. The van der Waals surface area contributed by atoms with Crippen LogP contribution in [0.2, 0.25) is 0 Å². The van der Waals surface area contributed by atoms with E-state index in [0.29, 0.717) is 12.1 Å². The molecule has 17 heavy (non-hydrogen) atoms. The number of nitrogens with one attached hydrogen (secondary N) is 1. The molecule has 3 nitrogen and oxygen atoms in total. The minimum Gasteiger partial charge on any atom is -0.313 e. The van der Waals surface area contributed by atoms with E-state index in [1.165, 1.54) is 11.0 Å². The van der Waals surface area contributed by atoms with Crippen molar-refractivity contribution >= 4 is 11.6 Å². The van der Waals surface area contributed by atoms with Crippen LogP contribution in [-0.4, -0.2) is 25.5 Å². The molecule has 4 heteroatoms. The number of halogens is 1. The van der Waals surface area contributed by atoms with Crippen LogP contribution in [0.4, 0.5) is 10.1 Å². The highest BCUT2D eigenvalue weighted by Gasteiger charge is 2.21. The van der Waals surface area contributed by atoms with Gasteiger partial charge in [0.15, 0.2) is 0 Å². The third-order valence-electron chi connectivity index (χ3n) is 3.17. The average molecular weight is 236 g/mol. The van der Waals surface area contributed by atoms with E-state index in [1.807, 2.05) is 0 Å². The number of carbonyl (C=O) groups is 1. The lowest BCUT2D eigenvalue weighted by atomic mass is 10.1. The van der Waals surface area contributed by atoms with Crippen molar-refractivity contribution in [2.24, 2.45) is 0 Å². The highest BCUT2D eigenvalue weighted by molar-refractivity contribution is 5.93. The third-order valence-corrected chi connectivity index (χ3v) is 3.17. The van der Waals surface area contributed by atoms with Gasteiger partial charge in [0.2, 0.25) is 5.91 Å². The number of rotatable bonds is 3. The second kappa shape index (κ2) is 5.27. The normalized spacial score (nSPS) is 19.3. The molecule has 1 aliphatic rings. The van der Waals surface area contributed by atoms with Crippen molar-refractivity contribution in [2.75, 3.05) is 18.5 Å². The first-order chi connectivity index (χ1) is 8.18. The van der Waals surface area contributed by atoms with Crippen molar-refractivity contribution in [3.05, 3.63) is 30.1 Å². The van der Waals surface area contributed by atoms with E-state index in [4.69, 9.17) is 0 Å². The number of para-hydroxylation sites is 1. The molecule has 0 spiro atoms. The standard InChI is InChI=1S/C13H17FN2O/c1-16(12-7-3-2-6-11(12)14)13(17)9-10-5-4-8-15-10/h2-3,6-7,10,15H,4-5,8-9H2,1H3. The Hall–Kier alpha value is -1.42. The minimum absolute atomic E-state index is 0.0468. The Balaban J connectivity index is 2.01. The molecule has 1 aromatic rings. The van der Waals surface area contributed by atoms with Gasteiger partial charge in [0.25, 0.3) is 0 Å². The second-order valence-electron chi connectivity index (χ2n) is 4.40. The lowest BCUT2D eigenvalue weighted by molar-refractivity contribution is -0.118. The quantitative estimate of drug-likeness (QED) is 0.869. The van der Waals surface area contributed by atoms with Gasteiger partial charge >= 0.3 is 0 Å². The van der Waals surface area contributed by atoms with Gasteiger partial charge in [-0.25, -0.2) is 4.39 Å². The fourth-order valence-electron chi connectivity index (χ4n) is 2.14. The Bertz CT molecular complexity index is 402. The Morgan fingerprint density at radius 1 is 1.53 bits per heavy atom. The Morgan fingerprint density at radius 3 is 2.94 bits per heavy atom. The van der Waals surface area contributed by atoms with Crippen LogP contribution in [-0.2, 0) is 4.79 Å². The summed E-state index contributed by atoms with van der Waals surface area (Å²) in [6, 6.07) is 6.59. The molecule has 0 bridgehead atoms. The van der Waals surface area contributed by atoms with Crippen LogP contribution in [0.1, 0.15) is 19.3 Å². The first kappa shape index (κ1) is 12.0. The maximum Gasteiger partial charge on any atom is 0.228 e. The Morgan fingerprint density at radius 2 is 2.29 bits per heavy atom. The topological polar surface area (TPSA) is 32.3 Å². The molecule has 2 rings (SSSR count). The molecule has 1 aliphatic heterocycles. The zero-order valence-electron chi connectivity index (χ0n) is 9.95. The van der Waals surface area contributed by atoms with Gasteiger partial charge in [-0.2, -0.15) is 0 Å². The van der Waals surface area contributed by atoms with Crippen LogP contribution in [0.15, 0.2) is 24.3 Å². The number of benzene rings is 1. The largest absolute Gasteiger partial charge is 0.313 e. The van der Waals surface area contributed by atoms with Crippen LogP contribution in [0, 0.1) is 5.82 Å². The summed E-state index contributed by atoms with van der Waals surface area (Å²) in [5.74, 6) is -0.405. The predicted molar refractivity (Wildman–Crippen MR) is 65.5 cm³/mol. The van der Waals surface area contributed by atoms with Crippen molar-refractivity contribution in [3.8, 4) is 0 Å². The summed E-state index contributed by atoms with van der Waals surface area (Å²) in [5, 5.41) is 3.27. The smallest absolute Gasteiger partial charge is 0.228 e. The molecule has 1 unspecified atom stereocenters. The molecule has 1 amide bonds. The van der Waals surface area contributed by atoms with Crippen molar-refractivity contribution in [2.45, 2.75) is 25.3 Å². The molecule has 92 valence electrons. The molecule has 1 saturated heterocycles. The van der Waals surface area contributed by atoms with Gasteiger partial charge in [-0.1, -0.05) is 12.1 Å². The van der Waals surface area contributed by atoms with Gasteiger partial charge in [0.1, 0.15) is 5.82 Å². The van der Waals surface area contributed by atoms with Crippen LogP contribution in [0.3, 0.4) is 0 Å². The van der Waals surface area contributed by atoms with Crippen molar-refractivity contribution in [1.29, 1.82) is 0 Å². The van der Waals surface area contributed by atoms with E-state index in [0.717, 1.165) is 19.4 Å². The lowest BCUT2D eigenvalue weighted by Crippen LogP contribution is -2.33. The zero-order valence-corrected chi connectivity index (χ0v) is 9.95. The maximum absolute atomic E-state index is 13.5. The molecule has 0 aromatic heterocycles. The van der Waals surface area contributed by atoms with E-state index in [9.17, 15) is 9.18 Å². The Kier molecular flexibility index (Phi) is 3.74. The second-order valence-corrected chi connectivity index (χ2v) is 4.40. The molecule has 0 radical (unpaired) electrons. The molecule has 1 heterocycles. The van der Waals surface area contributed by atoms with Crippen LogP contribution >= 0.6 is 0 Å². The van der Waals surface area contributed by atoms with Crippen molar-refractivity contribution < 1.29 is 9.18 Å². The van der Waals surface area contributed by atoms with Gasteiger partial charge in [-0.15, -0.1) is 0 Å². The van der Waals surface area contributed by atoms with Gasteiger partial charge in [0.05, 0.1) is 5.69 Å². The van der Waals surface area contributed by atoms with Crippen LogP contribution in [0.25, 0.3) is 0 Å². The highest BCUT2D eigenvalue weighted by Crippen LogP contribution is 2.19. The molecule has 1 N–H and O–H groups in total. The van der Waals surface area contributed by atoms with Crippen LogP contribution < -0.4 is 10.2 Å². The van der Waals surface area contributed by atoms with Gasteiger partial charge in [0, 0.05) is 19.5 Å². The van der Waals surface area contributed by atoms with Crippen LogP contribution in [0.5, 0.6) is 0 Å². The molecule has 0 aliphatic carbocycles. The number of anilines is 1. The summed E-state index contributed by atoms with van der Waals surface area (Å²) in [7, 11) is 1.62. The van der Waals surface area contributed by atoms with Gasteiger partial charge in [-0.3, -0.25) is 4.79 Å². The van der Waals surface area contributed by atoms with E-state index < -0.39 is 0 Å². The summed E-state index contributed by atoms with van der Waals surface area (Å²) < 4.78 is 13.5. The zero-order chi connectivity index (χ0) is 12.3. The first-order valence-electron chi connectivity index (χ1n) is 5.93. The summed E-state index contributed by atoms with van der Waals surface area (Å²) in [6.07, 6.45) is 2.57. The molecular formula is C13H17FN2O. The average Bonchev–Trinajstić information content (AvgIpc) is 2.81. The highest BCUT2D eigenvalue weighted by atomic mass is 19.1. The van der Waals surface area contributed by atoms with Gasteiger partial charge < -0.3 is 10.2 Å². The van der Waals surface area contributed by atoms with E-state index in [1.54, 1.807) is 25.2 Å². The molecule has 1 aromatic carbocycles. The fraction of sp³-hybridized carbons (Fsp3) is 0.462. The summed E-state index contributed by atoms with van der Waals surface area (Å²) in [5.41, 5.74) is 0.343.